The van der Waals surface area contributed by atoms with E-state index in [4.69, 9.17) is 4.74 Å². The number of aromatic nitrogens is 2. The molecule has 1 aromatic carbocycles. The summed E-state index contributed by atoms with van der Waals surface area (Å²) < 4.78 is 7.51. The molecule has 26 heavy (non-hydrogen) atoms. The lowest BCUT2D eigenvalue weighted by molar-refractivity contribution is -0.123. The quantitative estimate of drug-likeness (QED) is 0.764. The Morgan fingerprint density at radius 3 is 2.62 bits per heavy atom. The topological polar surface area (TPSA) is 55.6 Å². The molecular formula is C21H25N3O2. The standard InChI is InChI=1S/C21H25N3O2/c1-15-9-10-24-13-17(23-19(24)11-15)12-22-20(25)14-26-18-7-5-16(6-8-18)21(2,3)4/h5-11,13H,12,14H2,1-4H3,(H,22,25). The van der Waals surface area contributed by atoms with Crippen molar-refractivity contribution in [3.63, 3.8) is 0 Å². The van der Waals surface area contributed by atoms with Crippen molar-refractivity contribution in [1.29, 1.82) is 0 Å². The van der Waals surface area contributed by atoms with Crippen LogP contribution in [-0.4, -0.2) is 21.9 Å². The largest absolute Gasteiger partial charge is 0.484 e. The molecule has 5 heteroatoms. The molecule has 0 unspecified atom stereocenters. The third-order valence-electron chi connectivity index (χ3n) is 4.22. The van der Waals surface area contributed by atoms with Crippen molar-refractivity contribution in [2.24, 2.45) is 0 Å². The zero-order valence-corrected chi connectivity index (χ0v) is 15.7. The highest BCUT2D eigenvalue weighted by molar-refractivity contribution is 5.77. The Kier molecular flexibility index (Phi) is 4.98. The predicted octanol–water partition coefficient (Wildman–Crippen LogP) is 3.64. The maximum atomic E-state index is 12.0. The first-order chi connectivity index (χ1) is 12.3. The maximum Gasteiger partial charge on any atom is 0.258 e. The number of imidazole rings is 1. The summed E-state index contributed by atoms with van der Waals surface area (Å²) in [6.45, 7) is 8.89. The van der Waals surface area contributed by atoms with Crippen molar-refractivity contribution in [3.05, 3.63) is 65.6 Å². The highest BCUT2D eigenvalue weighted by Gasteiger charge is 2.13. The highest BCUT2D eigenvalue weighted by atomic mass is 16.5. The average Bonchev–Trinajstić information content (AvgIpc) is 2.99. The normalized spacial score (nSPS) is 11.5. The first-order valence-corrected chi connectivity index (χ1v) is 8.75. The minimum atomic E-state index is -0.168. The second-order valence-electron chi connectivity index (χ2n) is 7.54. The molecule has 5 nitrogen and oxygen atoms in total. The minimum Gasteiger partial charge on any atom is -0.484 e. The molecule has 0 aliphatic rings. The molecule has 0 saturated heterocycles. The first kappa shape index (κ1) is 18.0. The van der Waals surface area contributed by atoms with Crippen LogP contribution in [0.1, 0.15) is 37.6 Å². The zero-order chi connectivity index (χ0) is 18.7. The zero-order valence-electron chi connectivity index (χ0n) is 15.7. The van der Waals surface area contributed by atoms with Crippen LogP contribution in [0.5, 0.6) is 5.75 Å². The molecule has 0 bridgehead atoms. The van der Waals surface area contributed by atoms with Gasteiger partial charge in [0, 0.05) is 12.4 Å². The molecule has 1 N–H and O–H groups in total. The molecule has 2 aromatic heterocycles. The van der Waals surface area contributed by atoms with Crippen LogP contribution in [0.15, 0.2) is 48.8 Å². The van der Waals surface area contributed by atoms with Gasteiger partial charge in [-0.2, -0.15) is 0 Å². The Hall–Kier alpha value is -2.82. The summed E-state index contributed by atoms with van der Waals surface area (Å²) in [6, 6.07) is 11.9. The number of carbonyl (C=O) groups is 1. The molecule has 0 aliphatic heterocycles. The number of hydrogen-bond acceptors (Lipinski definition) is 3. The van der Waals surface area contributed by atoms with Crippen molar-refractivity contribution >= 4 is 11.6 Å². The Morgan fingerprint density at radius 2 is 1.92 bits per heavy atom. The number of nitrogens with one attached hydrogen (secondary N) is 1. The number of benzene rings is 1. The van der Waals surface area contributed by atoms with E-state index in [2.05, 4.69) is 31.1 Å². The van der Waals surface area contributed by atoms with E-state index in [-0.39, 0.29) is 17.9 Å². The van der Waals surface area contributed by atoms with Crippen molar-refractivity contribution in [3.8, 4) is 5.75 Å². The molecule has 0 atom stereocenters. The van der Waals surface area contributed by atoms with Gasteiger partial charge in [-0.25, -0.2) is 4.98 Å². The SMILES string of the molecule is Cc1ccn2cc(CNC(=O)COc3ccc(C(C)(C)C)cc3)nc2c1. The minimum absolute atomic E-state index is 0.0126. The summed E-state index contributed by atoms with van der Waals surface area (Å²) in [4.78, 5) is 16.5. The van der Waals surface area contributed by atoms with Gasteiger partial charge in [0.05, 0.1) is 12.2 Å². The van der Waals surface area contributed by atoms with Crippen LogP contribution in [0.25, 0.3) is 5.65 Å². The number of ether oxygens (including phenoxy) is 1. The fourth-order valence-electron chi connectivity index (χ4n) is 2.66. The molecule has 0 fully saturated rings. The van der Waals surface area contributed by atoms with E-state index < -0.39 is 0 Å². The lowest BCUT2D eigenvalue weighted by Gasteiger charge is -2.19. The Bertz CT molecular complexity index is 905. The van der Waals surface area contributed by atoms with Gasteiger partial charge in [-0.15, -0.1) is 0 Å². The maximum absolute atomic E-state index is 12.0. The summed E-state index contributed by atoms with van der Waals surface area (Å²) in [5.74, 6) is 0.523. The van der Waals surface area contributed by atoms with Gasteiger partial charge in [0.1, 0.15) is 11.4 Å². The molecule has 0 radical (unpaired) electrons. The predicted molar refractivity (Wildman–Crippen MR) is 102 cm³/mol. The van der Waals surface area contributed by atoms with Gasteiger partial charge in [0.2, 0.25) is 0 Å². The van der Waals surface area contributed by atoms with E-state index in [0.29, 0.717) is 12.3 Å². The van der Waals surface area contributed by atoms with Crippen LogP contribution >= 0.6 is 0 Å². The molecule has 3 aromatic rings. The summed E-state index contributed by atoms with van der Waals surface area (Å²) in [5.41, 5.74) is 4.19. The third kappa shape index (κ3) is 4.42. The van der Waals surface area contributed by atoms with E-state index in [1.165, 1.54) is 5.56 Å². The smallest absolute Gasteiger partial charge is 0.258 e. The van der Waals surface area contributed by atoms with Gasteiger partial charge >= 0.3 is 0 Å². The second kappa shape index (κ2) is 7.20. The Morgan fingerprint density at radius 1 is 1.19 bits per heavy atom. The van der Waals surface area contributed by atoms with Gasteiger partial charge in [-0.3, -0.25) is 4.79 Å². The van der Waals surface area contributed by atoms with Gasteiger partial charge in [-0.05, 0) is 47.7 Å². The van der Waals surface area contributed by atoms with E-state index in [1.54, 1.807) is 0 Å². The van der Waals surface area contributed by atoms with E-state index >= 15 is 0 Å². The number of carbonyl (C=O) groups excluding carboxylic acids is 1. The van der Waals surface area contributed by atoms with Crippen molar-refractivity contribution in [2.75, 3.05) is 6.61 Å². The molecule has 0 saturated carbocycles. The van der Waals surface area contributed by atoms with E-state index in [0.717, 1.165) is 16.9 Å². The lowest BCUT2D eigenvalue weighted by atomic mass is 9.87. The van der Waals surface area contributed by atoms with Gasteiger partial charge in [0.15, 0.2) is 6.61 Å². The number of nitrogens with zero attached hydrogens (tertiary/aromatic N) is 2. The molecule has 0 spiro atoms. The van der Waals surface area contributed by atoms with Gasteiger partial charge < -0.3 is 14.5 Å². The van der Waals surface area contributed by atoms with Crippen molar-refractivity contribution < 1.29 is 9.53 Å². The molecule has 1 amide bonds. The third-order valence-corrected chi connectivity index (χ3v) is 4.22. The van der Waals surface area contributed by atoms with Gasteiger partial charge in [-0.1, -0.05) is 32.9 Å². The average molecular weight is 351 g/mol. The number of hydrogen-bond donors (Lipinski definition) is 1. The van der Waals surface area contributed by atoms with Crippen molar-refractivity contribution in [2.45, 2.75) is 39.7 Å². The number of aryl methyl sites for hydroxylation is 1. The molecule has 0 aliphatic carbocycles. The summed E-state index contributed by atoms with van der Waals surface area (Å²) in [7, 11) is 0. The van der Waals surface area contributed by atoms with Gasteiger partial charge in [0.25, 0.3) is 5.91 Å². The van der Waals surface area contributed by atoms with Crippen LogP contribution in [0, 0.1) is 6.92 Å². The fraction of sp³-hybridized carbons (Fsp3) is 0.333. The highest BCUT2D eigenvalue weighted by Crippen LogP contribution is 2.24. The number of amides is 1. The van der Waals surface area contributed by atoms with Crippen LogP contribution in [0.2, 0.25) is 0 Å². The van der Waals surface area contributed by atoms with E-state index in [1.807, 2.05) is 60.1 Å². The van der Waals surface area contributed by atoms with Crippen LogP contribution in [-0.2, 0) is 16.8 Å². The van der Waals surface area contributed by atoms with Crippen LogP contribution in [0.4, 0.5) is 0 Å². The first-order valence-electron chi connectivity index (χ1n) is 8.75. The monoisotopic (exact) mass is 351 g/mol. The lowest BCUT2D eigenvalue weighted by Crippen LogP contribution is -2.28. The summed E-state index contributed by atoms with van der Waals surface area (Å²) >= 11 is 0. The van der Waals surface area contributed by atoms with Crippen molar-refractivity contribution in [1.82, 2.24) is 14.7 Å². The summed E-state index contributed by atoms with van der Waals surface area (Å²) in [6.07, 6.45) is 3.88. The Balaban J connectivity index is 1.50. The molecule has 136 valence electrons. The summed E-state index contributed by atoms with van der Waals surface area (Å²) in [5, 5.41) is 2.84. The Labute approximate surface area is 154 Å². The van der Waals surface area contributed by atoms with Crippen LogP contribution < -0.4 is 10.1 Å². The second-order valence-corrected chi connectivity index (χ2v) is 7.54. The molecular weight excluding hydrogens is 326 g/mol. The molecule has 3 rings (SSSR count). The van der Waals surface area contributed by atoms with Crippen LogP contribution in [0.3, 0.4) is 0 Å². The molecule has 2 heterocycles. The number of fused-ring (bicyclic) bond motifs is 1. The number of pyridine rings is 1. The fourth-order valence-corrected chi connectivity index (χ4v) is 2.66. The van der Waals surface area contributed by atoms with E-state index in [9.17, 15) is 4.79 Å². The number of rotatable bonds is 5.